The normalized spacial score (nSPS) is 12.0. The molecule has 1 atom stereocenters. The van der Waals surface area contributed by atoms with E-state index < -0.39 is 0 Å². The lowest BCUT2D eigenvalue weighted by molar-refractivity contribution is 0.224. The molecule has 1 aromatic carbocycles. The van der Waals surface area contributed by atoms with Crippen LogP contribution in [0.4, 0.5) is 0 Å². The van der Waals surface area contributed by atoms with Crippen LogP contribution in [0.5, 0.6) is 5.75 Å². The van der Waals surface area contributed by atoms with Gasteiger partial charge in [0.1, 0.15) is 11.9 Å². The zero-order chi connectivity index (χ0) is 13.2. The van der Waals surface area contributed by atoms with Gasteiger partial charge in [-0.25, -0.2) is 0 Å². The number of benzene rings is 1. The van der Waals surface area contributed by atoms with E-state index in [0.29, 0.717) is 13.1 Å². The Labute approximate surface area is 132 Å². The van der Waals surface area contributed by atoms with Crippen LogP contribution in [0.2, 0.25) is 0 Å². The second kappa shape index (κ2) is 10.7. The summed E-state index contributed by atoms with van der Waals surface area (Å²) in [5.74, 6) is 1.62. The number of hydrogen-bond acceptors (Lipinski definition) is 2. The molecule has 0 spiro atoms. The van der Waals surface area contributed by atoms with Gasteiger partial charge < -0.3 is 15.4 Å². The van der Waals surface area contributed by atoms with Crippen molar-refractivity contribution in [3.63, 3.8) is 0 Å². The summed E-state index contributed by atoms with van der Waals surface area (Å²) in [6.07, 6.45) is 1.85. The Bertz CT molecular complexity index is 382. The van der Waals surface area contributed by atoms with Gasteiger partial charge in [0.05, 0.1) is 6.54 Å². The van der Waals surface area contributed by atoms with Gasteiger partial charge in [0.25, 0.3) is 0 Å². The number of nitrogens with one attached hydrogen (secondary N) is 2. The molecule has 0 amide bonds. The number of para-hydroxylation sites is 1. The maximum atomic E-state index is 5.75. The highest BCUT2D eigenvalue weighted by molar-refractivity contribution is 14.0. The van der Waals surface area contributed by atoms with Gasteiger partial charge in [-0.1, -0.05) is 24.3 Å². The molecule has 2 N–H and O–H groups in total. The van der Waals surface area contributed by atoms with Crippen LogP contribution in [-0.4, -0.2) is 32.2 Å². The number of guanidine groups is 1. The molecule has 0 saturated carbocycles. The number of aliphatic imine (C=N–C) groups is 1. The summed E-state index contributed by atoms with van der Waals surface area (Å²) in [5, 5.41) is 6.29. The molecule has 0 aromatic heterocycles. The molecule has 5 heteroatoms. The molecule has 4 nitrogen and oxygen atoms in total. The Morgan fingerprint density at radius 1 is 1.37 bits per heavy atom. The van der Waals surface area contributed by atoms with Crippen LogP contribution in [0, 0.1) is 0 Å². The molecule has 0 aliphatic carbocycles. The molecule has 1 aromatic rings. The second-order valence-corrected chi connectivity index (χ2v) is 3.86. The summed E-state index contributed by atoms with van der Waals surface area (Å²) in [6.45, 7) is 7.04. The topological polar surface area (TPSA) is 45.7 Å². The standard InChI is InChI=1S/C14H21N3O.HI/c1-4-10-16-14(15-3)17-11-12(2)18-13-8-6-5-7-9-13;/h4-9,12H,1,10-11H2,2-3H3,(H2,15,16,17);1H. The van der Waals surface area contributed by atoms with Gasteiger partial charge in [-0.15, -0.1) is 30.6 Å². The Hall–Kier alpha value is -1.24. The lowest BCUT2D eigenvalue weighted by Crippen LogP contribution is -2.41. The van der Waals surface area contributed by atoms with Crippen LogP contribution in [0.15, 0.2) is 48.0 Å². The van der Waals surface area contributed by atoms with Crippen molar-refractivity contribution in [3.8, 4) is 5.75 Å². The summed E-state index contributed by atoms with van der Waals surface area (Å²) in [7, 11) is 1.74. The van der Waals surface area contributed by atoms with Crippen LogP contribution in [0.3, 0.4) is 0 Å². The minimum absolute atomic E-state index is 0. The minimum Gasteiger partial charge on any atom is -0.489 e. The fourth-order valence-electron chi connectivity index (χ4n) is 1.40. The van der Waals surface area contributed by atoms with Crippen molar-refractivity contribution in [2.24, 2.45) is 4.99 Å². The average Bonchev–Trinajstić information content (AvgIpc) is 2.40. The molecule has 1 unspecified atom stereocenters. The largest absolute Gasteiger partial charge is 0.489 e. The Morgan fingerprint density at radius 2 is 2.05 bits per heavy atom. The summed E-state index contributed by atoms with van der Waals surface area (Å²) in [5.41, 5.74) is 0. The van der Waals surface area contributed by atoms with Crippen LogP contribution >= 0.6 is 24.0 Å². The molecular formula is C14H22IN3O. The minimum atomic E-state index is 0. The van der Waals surface area contributed by atoms with Crippen molar-refractivity contribution in [3.05, 3.63) is 43.0 Å². The SMILES string of the molecule is C=CCNC(=NC)NCC(C)Oc1ccccc1.I. The molecule has 0 fully saturated rings. The number of nitrogens with zero attached hydrogens (tertiary/aromatic N) is 1. The van der Waals surface area contributed by atoms with Crippen molar-refractivity contribution < 1.29 is 4.74 Å². The molecule has 0 heterocycles. The van der Waals surface area contributed by atoms with E-state index in [0.717, 1.165) is 11.7 Å². The third-order valence-electron chi connectivity index (χ3n) is 2.27. The number of hydrogen-bond donors (Lipinski definition) is 2. The third kappa shape index (κ3) is 7.71. The van der Waals surface area contributed by atoms with E-state index in [1.165, 1.54) is 0 Å². The fraction of sp³-hybridized carbons (Fsp3) is 0.357. The van der Waals surface area contributed by atoms with Crippen molar-refractivity contribution in [2.75, 3.05) is 20.1 Å². The first kappa shape index (κ1) is 17.8. The fourth-order valence-corrected chi connectivity index (χ4v) is 1.40. The molecule has 1 rings (SSSR count). The molecule has 0 saturated heterocycles. The highest BCUT2D eigenvalue weighted by atomic mass is 127. The van der Waals surface area contributed by atoms with Gasteiger partial charge in [-0.2, -0.15) is 0 Å². The van der Waals surface area contributed by atoms with Crippen molar-refractivity contribution >= 4 is 29.9 Å². The second-order valence-electron chi connectivity index (χ2n) is 3.86. The predicted octanol–water partition coefficient (Wildman–Crippen LogP) is 2.42. The van der Waals surface area contributed by atoms with Crippen LogP contribution in [-0.2, 0) is 0 Å². The molecule has 0 bridgehead atoms. The summed E-state index contributed by atoms with van der Waals surface area (Å²) in [6, 6.07) is 9.78. The van der Waals surface area contributed by atoms with E-state index in [1.54, 1.807) is 13.1 Å². The number of ether oxygens (including phenoxy) is 1. The molecule has 106 valence electrons. The molecule has 0 aliphatic heterocycles. The van der Waals surface area contributed by atoms with Gasteiger partial charge in [-0.3, -0.25) is 4.99 Å². The number of halogens is 1. The molecule has 19 heavy (non-hydrogen) atoms. The average molecular weight is 375 g/mol. The Morgan fingerprint density at radius 3 is 2.63 bits per heavy atom. The first-order valence-electron chi connectivity index (χ1n) is 6.03. The van der Waals surface area contributed by atoms with Gasteiger partial charge in [-0.05, 0) is 19.1 Å². The van der Waals surface area contributed by atoms with Gasteiger partial charge in [0.15, 0.2) is 5.96 Å². The van der Waals surface area contributed by atoms with E-state index in [1.807, 2.05) is 37.3 Å². The lowest BCUT2D eigenvalue weighted by atomic mass is 10.3. The van der Waals surface area contributed by atoms with E-state index in [-0.39, 0.29) is 30.1 Å². The quantitative estimate of drug-likeness (QED) is 0.348. The number of rotatable bonds is 6. The van der Waals surface area contributed by atoms with Crippen LogP contribution in [0.1, 0.15) is 6.92 Å². The maximum absolute atomic E-state index is 5.75. The monoisotopic (exact) mass is 375 g/mol. The molecule has 0 aliphatic rings. The maximum Gasteiger partial charge on any atom is 0.191 e. The molecular weight excluding hydrogens is 353 g/mol. The van der Waals surface area contributed by atoms with Gasteiger partial charge in [0, 0.05) is 13.6 Å². The van der Waals surface area contributed by atoms with Crippen LogP contribution < -0.4 is 15.4 Å². The molecule has 0 radical (unpaired) electrons. The van der Waals surface area contributed by atoms with E-state index in [4.69, 9.17) is 4.74 Å². The predicted molar refractivity (Wildman–Crippen MR) is 91.5 cm³/mol. The highest BCUT2D eigenvalue weighted by Gasteiger charge is 2.04. The smallest absolute Gasteiger partial charge is 0.191 e. The summed E-state index contributed by atoms with van der Waals surface area (Å²) in [4.78, 5) is 4.10. The Kier molecular flexibility index (Phi) is 9.97. The van der Waals surface area contributed by atoms with Gasteiger partial charge >= 0.3 is 0 Å². The zero-order valence-corrected chi connectivity index (χ0v) is 13.8. The lowest BCUT2D eigenvalue weighted by Gasteiger charge is -2.17. The van der Waals surface area contributed by atoms with Crippen LogP contribution in [0.25, 0.3) is 0 Å². The Balaban J connectivity index is 0.00000324. The summed E-state index contributed by atoms with van der Waals surface area (Å²) >= 11 is 0. The van der Waals surface area contributed by atoms with E-state index in [9.17, 15) is 0 Å². The van der Waals surface area contributed by atoms with E-state index in [2.05, 4.69) is 22.2 Å². The zero-order valence-electron chi connectivity index (χ0n) is 11.4. The first-order valence-corrected chi connectivity index (χ1v) is 6.03. The van der Waals surface area contributed by atoms with E-state index >= 15 is 0 Å². The third-order valence-corrected chi connectivity index (χ3v) is 2.27. The van der Waals surface area contributed by atoms with Crippen molar-refractivity contribution in [1.82, 2.24) is 10.6 Å². The van der Waals surface area contributed by atoms with Crippen molar-refractivity contribution in [1.29, 1.82) is 0 Å². The van der Waals surface area contributed by atoms with Crippen molar-refractivity contribution in [2.45, 2.75) is 13.0 Å². The summed E-state index contributed by atoms with van der Waals surface area (Å²) < 4.78 is 5.75. The van der Waals surface area contributed by atoms with Gasteiger partial charge in [0.2, 0.25) is 0 Å². The highest BCUT2D eigenvalue weighted by Crippen LogP contribution is 2.10. The first-order chi connectivity index (χ1) is 8.76.